The zero-order valence-corrected chi connectivity index (χ0v) is 7.30. The second kappa shape index (κ2) is 2.99. The molecule has 11 heteroatoms. The van der Waals surface area contributed by atoms with Gasteiger partial charge in [-0.25, -0.2) is 0 Å². The molecule has 17 heavy (non-hydrogen) atoms. The summed E-state index contributed by atoms with van der Waals surface area (Å²) in [4.78, 5) is 9.54. The molecule has 1 rings (SSSR count). The summed E-state index contributed by atoms with van der Waals surface area (Å²) in [7, 11) is 0. The SMILES string of the molecule is O=COC1(F)C(F)(F)C(F)(F)C(F)(F)C1(F)F. The van der Waals surface area contributed by atoms with Gasteiger partial charge >= 0.3 is 29.5 Å². The van der Waals surface area contributed by atoms with Crippen LogP contribution in [-0.4, -0.2) is 36.0 Å². The van der Waals surface area contributed by atoms with Crippen molar-refractivity contribution >= 4 is 6.47 Å². The lowest BCUT2D eigenvalue weighted by Gasteiger charge is -2.28. The molecule has 0 aromatic heterocycles. The standard InChI is InChI=1S/C6HF9O2/c7-2(8)3(9,10)5(13,14)6(15,17-1-16)4(2,11)12/h1H. The Labute approximate surface area is 86.3 Å². The topological polar surface area (TPSA) is 26.3 Å². The van der Waals surface area contributed by atoms with Crippen molar-refractivity contribution < 1.29 is 49.0 Å². The van der Waals surface area contributed by atoms with E-state index >= 15 is 0 Å². The monoisotopic (exact) mass is 276 g/mol. The first-order valence-electron chi connectivity index (χ1n) is 3.63. The molecular formula is C6HF9O2. The lowest BCUT2D eigenvalue weighted by molar-refractivity contribution is -0.338. The van der Waals surface area contributed by atoms with Crippen molar-refractivity contribution in [2.75, 3.05) is 0 Å². The summed E-state index contributed by atoms with van der Waals surface area (Å²) in [6.45, 7) is -1.39. The first-order chi connectivity index (χ1) is 7.31. The minimum absolute atomic E-state index is 1.39. The second-order valence-electron chi connectivity index (χ2n) is 3.11. The van der Waals surface area contributed by atoms with E-state index in [1.165, 1.54) is 0 Å². The molecule has 0 aromatic carbocycles. The zero-order chi connectivity index (χ0) is 13.9. The normalized spacial score (nSPS) is 30.9. The highest BCUT2D eigenvalue weighted by Crippen LogP contribution is 2.69. The van der Waals surface area contributed by atoms with E-state index in [1.807, 2.05) is 0 Å². The third-order valence-electron chi connectivity index (χ3n) is 2.20. The van der Waals surface area contributed by atoms with Gasteiger partial charge in [-0.1, -0.05) is 0 Å². The van der Waals surface area contributed by atoms with Crippen molar-refractivity contribution in [1.29, 1.82) is 0 Å². The average Bonchev–Trinajstić information content (AvgIpc) is 2.19. The lowest BCUT2D eigenvalue weighted by atomic mass is 10.1. The summed E-state index contributed by atoms with van der Waals surface area (Å²) in [5, 5.41) is 0. The van der Waals surface area contributed by atoms with Crippen LogP contribution in [0.2, 0.25) is 0 Å². The smallest absolute Gasteiger partial charge is 0.391 e. The van der Waals surface area contributed by atoms with Gasteiger partial charge < -0.3 is 4.74 Å². The Morgan fingerprint density at radius 3 is 1.18 bits per heavy atom. The number of ether oxygens (including phenoxy) is 1. The highest BCUT2D eigenvalue weighted by atomic mass is 19.4. The van der Waals surface area contributed by atoms with Crippen molar-refractivity contribution in [2.24, 2.45) is 0 Å². The van der Waals surface area contributed by atoms with Crippen LogP contribution in [0.3, 0.4) is 0 Å². The van der Waals surface area contributed by atoms with Gasteiger partial charge in [-0.15, -0.1) is 0 Å². The van der Waals surface area contributed by atoms with Gasteiger partial charge in [-0.3, -0.25) is 4.79 Å². The maximum atomic E-state index is 12.9. The van der Waals surface area contributed by atoms with Crippen LogP contribution in [0.1, 0.15) is 0 Å². The van der Waals surface area contributed by atoms with Crippen LogP contribution in [0.25, 0.3) is 0 Å². The van der Waals surface area contributed by atoms with Crippen molar-refractivity contribution in [1.82, 2.24) is 0 Å². The third-order valence-corrected chi connectivity index (χ3v) is 2.20. The average molecular weight is 276 g/mol. The summed E-state index contributed by atoms with van der Waals surface area (Å²) < 4.78 is 115. The molecule has 0 heterocycles. The van der Waals surface area contributed by atoms with Crippen molar-refractivity contribution in [3.63, 3.8) is 0 Å². The Morgan fingerprint density at radius 2 is 0.941 bits per heavy atom. The zero-order valence-electron chi connectivity index (χ0n) is 7.30. The van der Waals surface area contributed by atoms with Crippen LogP contribution in [0, 0.1) is 0 Å². The number of carbonyl (C=O) groups is 1. The summed E-state index contributed by atoms with van der Waals surface area (Å²) in [5.74, 6) is -32.8. The maximum Gasteiger partial charge on any atom is 0.391 e. The summed E-state index contributed by atoms with van der Waals surface area (Å²) in [6.07, 6.45) is 0. The first kappa shape index (κ1) is 13.9. The number of carbonyl (C=O) groups excluding carboxylic acids is 1. The first-order valence-corrected chi connectivity index (χ1v) is 3.63. The molecular weight excluding hydrogens is 275 g/mol. The number of hydrogen-bond acceptors (Lipinski definition) is 2. The Bertz CT molecular complexity index is 323. The van der Waals surface area contributed by atoms with Crippen molar-refractivity contribution in [3.8, 4) is 0 Å². The molecule has 1 fully saturated rings. The molecule has 1 aliphatic carbocycles. The van der Waals surface area contributed by atoms with Gasteiger partial charge in [-0.2, -0.15) is 39.5 Å². The molecule has 0 aromatic rings. The predicted molar refractivity (Wildman–Crippen MR) is 30.8 cm³/mol. The number of halogens is 9. The van der Waals surface area contributed by atoms with Gasteiger partial charge in [0.15, 0.2) is 0 Å². The molecule has 2 nitrogen and oxygen atoms in total. The molecule has 0 spiro atoms. The highest BCUT2D eigenvalue weighted by Gasteiger charge is 3.02. The fourth-order valence-corrected chi connectivity index (χ4v) is 1.21. The summed E-state index contributed by atoms with van der Waals surface area (Å²) >= 11 is 0. The van der Waals surface area contributed by atoms with Gasteiger partial charge in [0.2, 0.25) is 0 Å². The lowest BCUT2D eigenvalue weighted by Crippen LogP contribution is -2.56. The molecule has 100 valence electrons. The third kappa shape index (κ3) is 1.07. The van der Waals surface area contributed by atoms with Gasteiger partial charge in [0.1, 0.15) is 0 Å². The number of rotatable bonds is 2. The van der Waals surface area contributed by atoms with Gasteiger partial charge in [0.25, 0.3) is 6.47 Å². The van der Waals surface area contributed by atoms with E-state index in [1.54, 1.807) is 0 Å². The van der Waals surface area contributed by atoms with Crippen molar-refractivity contribution in [2.45, 2.75) is 29.5 Å². The highest BCUT2D eigenvalue weighted by molar-refractivity contribution is 5.41. The van der Waals surface area contributed by atoms with Gasteiger partial charge in [0, 0.05) is 0 Å². The number of alkyl halides is 9. The molecule has 0 saturated heterocycles. The molecule has 0 unspecified atom stereocenters. The molecule has 1 aliphatic rings. The van der Waals surface area contributed by atoms with E-state index in [9.17, 15) is 44.3 Å². The van der Waals surface area contributed by atoms with Crippen LogP contribution in [0.4, 0.5) is 39.5 Å². The molecule has 1 saturated carbocycles. The molecule has 0 N–H and O–H groups in total. The molecule has 0 aliphatic heterocycles. The summed E-state index contributed by atoms with van der Waals surface area (Å²) in [6, 6.07) is 0. The van der Waals surface area contributed by atoms with E-state index < -0.39 is 36.0 Å². The second-order valence-corrected chi connectivity index (χ2v) is 3.11. The van der Waals surface area contributed by atoms with Crippen LogP contribution >= 0.6 is 0 Å². The fourth-order valence-electron chi connectivity index (χ4n) is 1.21. The molecule has 0 bridgehead atoms. The van der Waals surface area contributed by atoms with E-state index in [0.717, 1.165) is 0 Å². The summed E-state index contributed by atoms with van der Waals surface area (Å²) in [5.41, 5.74) is 0. The Morgan fingerprint density at radius 1 is 0.647 bits per heavy atom. The minimum Gasteiger partial charge on any atom is -0.419 e. The van der Waals surface area contributed by atoms with Crippen LogP contribution < -0.4 is 0 Å². The maximum absolute atomic E-state index is 12.9. The van der Waals surface area contributed by atoms with E-state index in [2.05, 4.69) is 4.74 Å². The Kier molecular flexibility index (Phi) is 2.44. The molecule has 0 atom stereocenters. The minimum atomic E-state index is -6.72. The number of hydrogen-bond donors (Lipinski definition) is 0. The molecule has 0 radical (unpaired) electrons. The quantitative estimate of drug-likeness (QED) is 0.571. The van der Waals surface area contributed by atoms with Gasteiger partial charge in [0.05, 0.1) is 0 Å². The Hall–Kier alpha value is -1.16. The largest absolute Gasteiger partial charge is 0.419 e. The van der Waals surface area contributed by atoms with Crippen LogP contribution in [0.15, 0.2) is 0 Å². The van der Waals surface area contributed by atoms with E-state index in [-0.39, 0.29) is 0 Å². The van der Waals surface area contributed by atoms with Gasteiger partial charge in [-0.05, 0) is 0 Å². The van der Waals surface area contributed by atoms with E-state index in [4.69, 9.17) is 0 Å². The predicted octanol–water partition coefficient (Wildman–Crippen LogP) is 2.38. The van der Waals surface area contributed by atoms with Crippen LogP contribution in [-0.2, 0) is 9.53 Å². The molecule has 0 amide bonds. The Balaban J connectivity index is 3.58. The fraction of sp³-hybridized carbons (Fsp3) is 0.833. The van der Waals surface area contributed by atoms with E-state index in [0.29, 0.717) is 0 Å². The van der Waals surface area contributed by atoms with Crippen molar-refractivity contribution in [3.05, 3.63) is 0 Å². The van der Waals surface area contributed by atoms with Crippen LogP contribution in [0.5, 0.6) is 0 Å².